The minimum atomic E-state index is -0.835. The first kappa shape index (κ1) is 19.9. The van der Waals surface area contributed by atoms with Crippen LogP contribution in [0.1, 0.15) is 10.4 Å². The van der Waals surface area contributed by atoms with Gasteiger partial charge in [0.2, 0.25) is 0 Å². The number of amides is 1. The third-order valence-electron chi connectivity index (χ3n) is 4.08. The van der Waals surface area contributed by atoms with Gasteiger partial charge in [-0.05, 0) is 0 Å². The van der Waals surface area contributed by atoms with Gasteiger partial charge in [-0.15, -0.1) is 0 Å². The fourth-order valence-electron chi connectivity index (χ4n) is 2.64. The van der Waals surface area contributed by atoms with Gasteiger partial charge in [-0.3, -0.25) is 25.0 Å². The molecule has 2 aromatic carbocycles. The quantitative estimate of drug-likeness (QED) is 0.458. The van der Waals surface area contributed by atoms with E-state index in [1.165, 1.54) is 25.6 Å². The van der Waals surface area contributed by atoms with Gasteiger partial charge >= 0.3 is 0 Å². The molecule has 1 aromatic heterocycles. The van der Waals surface area contributed by atoms with Crippen molar-refractivity contribution in [2.24, 2.45) is 12.0 Å². The number of carbonyl (C=O) groups is 1. The topological polar surface area (TPSA) is 139 Å². The SMILES string of the molecule is COc1cc2sc(=NC(=O)c3cc([N+](=O)[O-])cc([N+](=O)[O-])c3)n(C)c2cc1OC. The third kappa shape index (κ3) is 3.78. The van der Waals surface area contributed by atoms with E-state index in [0.717, 1.165) is 28.4 Å². The largest absolute Gasteiger partial charge is 0.493 e. The maximum atomic E-state index is 12.6. The monoisotopic (exact) mass is 418 g/mol. The predicted molar refractivity (Wildman–Crippen MR) is 104 cm³/mol. The van der Waals surface area contributed by atoms with Crippen molar-refractivity contribution in [2.75, 3.05) is 14.2 Å². The maximum absolute atomic E-state index is 12.6. The highest BCUT2D eigenvalue weighted by Crippen LogP contribution is 2.33. The minimum absolute atomic E-state index is 0.251. The van der Waals surface area contributed by atoms with Crippen LogP contribution in [0.25, 0.3) is 10.2 Å². The highest BCUT2D eigenvalue weighted by Gasteiger charge is 2.20. The number of aromatic nitrogens is 1. The van der Waals surface area contributed by atoms with E-state index in [0.29, 0.717) is 16.3 Å². The number of benzene rings is 2. The number of hydrogen-bond acceptors (Lipinski definition) is 8. The molecule has 0 saturated heterocycles. The van der Waals surface area contributed by atoms with Crippen molar-refractivity contribution in [1.82, 2.24) is 4.57 Å². The zero-order chi connectivity index (χ0) is 21.3. The summed E-state index contributed by atoms with van der Waals surface area (Å²) in [5.74, 6) is 0.174. The van der Waals surface area contributed by atoms with Crippen LogP contribution in [0.15, 0.2) is 35.3 Å². The van der Waals surface area contributed by atoms with Crippen molar-refractivity contribution in [1.29, 1.82) is 0 Å². The van der Waals surface area contributed by atoms with Crippen LogP contribution in [-0.2, 0) is 7.05 Å². The molecule has 0 spiro atoms. The number of fused-ring (bicyclic) bond motifs is 1. The van der Waals surface area contributed by atoms with Crippen LogP contribution in [0.5, 0.6) is 11.5 Å². The first-order chi connectivity index (χ1) is 13.7. The number of nitro groups is 2. The van der Waals surface area contributed by atoms with E-state index < -0.39 is 27.1 Å². The first-order valence-electron chi connectivity index (χ1n) is 7.99. The van der Waals surface area contributed by atoms with Gasteiger partial charge < -0.3 is 14.0 Å². The molecule has 1 amide bonds. The van der Waals surface area contributed by atoms with Gasteiger partial charge in [-0.1, -0.05) is 11.3 Å². The predicted octanol–water partition coefficient (Wildman–Crippen LogP) is 2.81. The van der Waals surface area contributed by atoms with Crippen LogP contribution in [0.3, 0.4) is 0 Å². The van der Waals surface area contributed by atoms with Crippen molar-refractivity contribution in [3.05, 3.63) is 60.9 Å². The van der Waals surface area contributed by atoms with E-state index >= 15 is 0 Å². The number of nitrogens with zero attached hydrogens (tertiary/aromatic N) is 4. The van der Waals surface area contributed by atoms with Gasteiger partial charge in [0.15, 0.2) is 16.3 Å². The zero-order valence-electron chi connectivity index (χ0n) is 15.4. The van der Waals surface area contributed by atoms with E-state index in [1.807, 2.05) is 0 Å². The molecule has 0 saturated carbocycles. The number of thiazole rings is 1. The Morgan fingerprint density at radius 1 is 1.00 bits per heavy atom. The van der Waals surface area contributed by atoms with Gasteiger partial charge in [0, 0.05) is 31.3 Å². The lowest BCUT2D eigenvalue weighted by Gasteiger charge is -2.07. The Bertz CT molecular complexity index is 1200. The van der Waals surface area contributed by atoms with E-state index in [-0.39, 0.29) is 5.56 Å². The summed E-state index contributed by atoms with van der Waals surface area (Å²) >= 11 is 1.19. The molecule has 0 aliphatic rings. The summed E-state index contributed by atoms with van der Waals surface area (Å²) < 4.78 is 12.9. The summed E-state index contributed by atoms with van der Waals surface area (Å²) in [5.41, 5.74) is -0.649. The molecule has 0 radical (unpaired) electrons. The van der Waals surface area contributed by atoms with Crippen molar-refractivity contribution < 1.29 is 24.1 Å². The number of ether oxygens (including phenoxy) is 2. The number of carbonyl (C=O) groups excluding carboxylic acids is 1. The molecule has 1 heterocycles. The lowest BCUT2D eigenvalue weighted by Crippen LogP contribution is -2.13. The number of rotatable bonds is 5. The molecule has 0 atom stereocenters. The standard InChI is InChI=1S/C17H14N4O7S/c1-19-12-7-13(27-2)14(28-3)8-15(12)29-17(19)18-16(22)9-4-10(20(23)24)6-11(5-9)21(25)26/h4-8H,1-3H3. The second kappa shape index (κ2) is 7.67. The van der Waals surface area contributed by atoms with Crippen molar-refractivity contribution in [3.63, 3.8) is 0 Å². The Kier molecular flexibility index (Phi) is 5.28. The first-order valence-corrected chi connectivity index (χ1v) is 8.81. The van der Waals surface area contributed by atoms with Crippen LogP contribution in [-0.4, -0.2) is 34.5 Å². The summed E-state index contributed by atoms with van der Waals surface area (Å²) in [6.07, 6.45) is 0. The third-order valence-corrected chi connectivity index (χ3v) is 5.18. The van der Waals surface area contributed by atoms with E-state index in [9.17, 15) is 25.0 Å². The number of aryl methyl sites for hydroxylation is 1. The van der Waals surface area contributed by atoms with E-state index in [1.54, 1.807) is 23.7 Å². The molecule has 0 N–H and O–H groups in total. The molecule has 29 heavy (non-hydrogen) atoms. The molecule has 3 rings (SSSR count). The second-order valence-corrected chi connectivity index (χ2v) is 6.80. The van der Waals surface area contributed by atoms with E-state index in [2.05, 4.69) is 4.99 Å². The number of non-ortho nitro benzene ring substituents is 2. The van der Waals surface area contributed by atoms with Gasteiger partial charge in [-0.2, -0.15) is 4.99 Å². The normalized spacial score (nSPS) is 11.5. The van der Waals surface area contributed by atoms with Crippen LogP contribution in [0, 0.1) is 20.2 Å². The average molecular weight is 418 g/mol. The van der Waals surface area contributed by atoms with Gasteiger partial charge in [0.1, 0.15) is 0 Å². The molecule has 0 aliphatic carbocycles. The van der Waals surface area contributed by atoms with Crippen LogP contribution < -0.4 is 14.3 Å². The van der Waals surface area contributed by atoms with Crippen LogP contribution in [0.4, 0.5) is 11.4 Å². The molecule has 0 aliphatic heterocycles. The summed E-state index contributed by atoms with van der Waals surface area (Å²) in [6.45, 7) is 0. The minimum Gasteiger partial charge on any atom is -0.493 e. The molecule has 12 heteroatoms. The molecule has 150 valence electrons. The zero-order valence-corrected chi connectivity index (χ0v) is 16.3. The van der Waals surface area contributed by atoms with Gasteiger partial charge in [0.25, 0.3) is 17.3 Å². The summed E-state index contributed by atoms with van der Waals surface area (Å²) in [4.78, 5) is 37.3. The summed E-state index contributed by atoms with van der Waals surface area (Å²) in [6, 6.07) is 6.16. The molecule has 11 nitrogen and oxygen atoms in total. The maximum Gasteiger partial charge on any atom is 0.280 e. The Hall–Kier alpha value is -3.80. The molecular weight excluding hydrogens is 404 g/mol. The van der Waals surface area contributed by atoms with Crippen molar-refractivity contribution >= 4 is 38.8 Å². The summed E-state index contributed by atoms with van der Waals surface area (Å²) in [7, 11) is 4.69. The molecule has 0 unspecified atom stereocenters. The summed E-state index contributed by atoms with van der Waals surface area (Å²) in [5, 5.41) is 22.0. The van der Waals surface area contributed by atoms with E-state index in [4.69, 9.17) is 9.47 Å². The van der Waals surface area contributed by atoms with Gasteiger partial charge in [0.05, 0.1) is 45.9 Å². The Morgan fingerprint density at radius 3 is 2.07 bits per heavy atom. The molecule has 0 bridgehead atoms. The Morgan fingerprint density at radius 2 is 1.55 bits per heavy atom. The fraction of sp³-hybridized carbons (Fsp3) is 0.176. The number of methoxy groups -OCH3 is 2. The van der Waals surface area contributed by atoms with Crippen molar-refractivity contribution in [2.45, 2.75) is 0 Å². The lowest BCUT2D eigenvalue weighted by molar-refractivity contribution is -0.394. The van der Waals surface area contributed by atoms with Gasteiger partial charge in [-0.25, -0.2) is 0 Å². The lowest BCUT2D eigenvalue weighted by atomic mass is 10.1. The second-order valence-electron chi connectivity index (χ2n) is 5.79. The highest BCUT2D eigenvalue weighted by molar-refractivity contribution is 7.16. The number of hydrogen-bond donors (Lipinski definition) is 0. The average Bonchev–Trinajstić information content (AvgIpc) is 3.00. The molecule has 0 fully saturated rings. The van der Waals surface area contributed by atoms with Crippen molar-refractivity contribution in [3.8, 4) is 11.5 Å². The fourth-order valence-corrected chi connectivity index (χ4v) is 3.67. The number of nitro benzene ring substituents is 2. The van der Waals surface area contributed by atoms with Crippen LogP contribution in [0.2, 0.25) is 0 Å². The highest BCUT2D eigenvalue weighted by atomic mass is 32.1. The Labute approximate surface area is 166 Å². The van der Waals surface area contributed by atoms with Crippen LogP contribution >= 0.6 is 11.3 Å². The smallest absolute Gasteiger partial charge is 0.280 e. The molecule has 3 aromatic rings. The molecular formula is C17H14N4O7S. The Balaban J connectivity index is 2.14.